The average Bonchev–Trinajstić information content (AvgIpc) is 3.09. The van der Waals surface area contributed by atoms with Gasteiger partial charge in [-0.1, -0.05) is 12.1 Å². The molecule has 2 N–H and O–H groups in total. The van der Waals surface area contributed by atoms with Crippen LogP contribution in [0.1, 0.15) is 12.8 Å². The molecule has 1 heterocycles. The van der Waals surface area contributed by atoms with Crippen LogP contribution in [0, 0.1) is 22.0 Å². The Bertz CT molecular complexity index is 627. The lowest BCUT2D eigenvalue weighted by Gasteiger charge is -2.24. The summed E-state index contributed by atoms with van der Waals surface area (Å²) in [6.45, 7) is 1.62. The molecule has 0 spiro atoms. The van der Waals surface area contributed by atoms with Crippen LogP contribution in [-0.4, -0.2) is 48.5 Å². The fourth-order valence-electron chi connectivity index (χ4n) is 3.84. The number of likely N-dealkylation sites (N-methyl/N-ethyl adjacent to an activating group) is 1. The number of fused-ring (bicyclic) bond motifs is 1. The molecule has 1 saturated carbocycles. The topological polar surface area (TPSA) is 92.7 Å². The standard InChI is InChI=1S/C16H22N4O3.ClH/c1-18(14-4-2-3-5-15(14)20(22)23)10-16(21)19-8-11-6-7-13(17)12(11)9-19;/h2-5,11-13H,6-10,17H2,1H3;1H. The van der Waals surface area contributed by atoms with Gasteiger partial charge in [-0.2, -0.15) is 0 Å². The molecule has 0 bridgehead atoms. The van der Waals surface area contributed by atoms with Crippen molar-refractivity contribution in [3.63, 3.8) is 0 Å². The Morgan fingerprint density at radius 1 is 1.38 bits per heavy atom. The molecule has 2 fully saturated rings. The van der Waals surface area contributed by atoms with E-state index in [0.717, 1.165) is 25.9 Å². The molecule has 0 aromatic heterocycles. The van der Waals surface area contributed by atoms with Crippen molar-refractivity contribution in [1.29, 1.82) is 0 Å². The van der Waals surface area contributed by atoms with Crippen molar-refractivity contribution in [1.82, 2.24) is 4.90 Å². The predicted molar refractivity (Wildman–Crippen MR) is 94.4 cm³/mol. The van der Waals surface area contributed by atoms with Crippen molar-refractivity contribution in [3.05, 3.63) is 34.4 Å². The molecular formula is C16H23ClN4O3. The summed E-state index contributed by atoms with van der Waals surface area (Å²) in [7, 11) is 1.71. The highest BCUT2D eigenvalue weighted by atomic mass is 35.5. The van der Waals surface area contributed by atoms with Gasteiger partial charge in [0.2, 0.25) is 5.91 Å². The van der Waals surface area contributed by atoms with Crippen molar-refractivity contribution < 1.29 is 9.72 Å². The number of nitrogens with zero attached hydrogens (tertiary/aromatic N) is 3. The van der Waals surface area contributed by atoms with Crippen LogP contribution >= 0.6 is 12.4 Å². The number of benzene rings is 1. The highest BCUT2D eigenvalue weighted by molar-refractivity contribution is 5.85. The van der Waals surface area contributed by atoms with Gasteiger partial charge >= 0.3 is 0 Å². The number of hydrogen-bond donors (Lipinski definition) is 1. The minimum Gasteiger partial charge on any atom is -0.360 e. The molecule has 7 nitrogen and oxygen atoms in total. The van der Waals surface area contributed by atoms with E-state index in [-0.39, 0.29) is 36.6 Å². The van der Waals surface area contributed by atoms with E-state index in [9.17, 15) is 14.9 Å². The number of nitrogens with two attached hydrogens (primary N) is 1. The second-order valence-electron chi connectivity index (χ2n) is 6.57. The Balaban J connectivity index is 0.00000208. The van der Waals surface area contributed by atoms with Crippen LogP contribution in [-0.2, 0) is 4.79 Å². The molecule has 24 heavy (non-hydrogen) atoms. The molecule has 3 rings (SSSR count). The quantitative estimate of drug-likeness (QED) is 0.655. The summed E-state index contributed by atoms with van der Waals surface area (Å²) in [6, 6.07) is 6.68. The van der Waals surface area contributed by atoms with Crippen LogP contribution in [0.4, 0.5) is 11.4 Å². The fourth-order valence-corrected chi connectivity index (χ4v) is 3.84. The van der Waals surface area contributed by atoms with Crippen molar-refractivity contribution in [2.75, 3.05) is 31.6 Å². The summed E-state index contributed by atoms with van der Waals surface area (Å²) in [5.41, 5.74) is 6.58. The highest BCUT2D eigenvalue weighted by Crippen LogP contribution is 2.37. The summed E-state index contributed by atoms with van der Waals surface area (Å²) in [6.07, 6.45) is 2.14. The number of nitro groups is 1. The van der Waals surface area contributed by atoms with E-state index >= 15 is 0 Å². The Kier molecular flexibility index (Phi) is 5.66. The second-order valence-corrected chi connectivity index (χ2v) is 6.57. The van der Waals surface area contributed by atoms with E-state index in [1.54, 1.807) is 30.1 Å². The number of carbonyl (C=O) groups excluding carboxylic acids is 1. The number of carbonyl (C=O) groups is 1. The first-order chi connectivity index (χ1) is 11.0. The van der Waals surface area contributed by atoms with Gasteiger partial charge in [0.15, 0.2) is 0 Å². The minimum absolute atomic E-state index is 0. The minimum atomic E-state index is -0.421. The van der Waals surface area contributed by atoms with Crippen LogP contribution in [0.2, 0.25) is 0 Å². The maximum absolute atomic E-state index is 12.5. The lowest BCUT2D eigenvalue weighted by Crippen LogP contribution is -2.39. The number of nitro benzene ring substituents is 1. The van der Waals surface area contributed by atoms with Gasteiger partial charge in [0, 0.05) is 32.2 Å². The SMILES string of the molecule is CN(CC(=O)N1CC2CCC(N)C2C1)c1ccccc1[N+](=O)[O-].Cl. The zero-order valence-electron chi connectivity index (χ0n) is 13.6. The molecule has 2 aliphatic rings. The lowest BCUT2D eigenvalue weighted by molar-refractivity contribution is -0.384. The molecule has 1 amide bonds. The van der Waals surface area contributed by atoms with Crippen LogP contribution in [0.25, 0.3) is 0 Å². The zero-order valence-corrected chi connectivity index (χ0v) is 14.4. The number of amides is 1. The third kappa shape index (κ3) is 3.47. The summed E-state index contributed by atoms with van der Waals surface area (Å²) >= 11 is 0. The summed E-state index contributed by atoms with van der Waals surface area (Å²) in [4.78, 5) is 26.7. The maximum atomic E-state index is 12.5. The Morgan fingerprint density at radius 3 is 2.75 bits per heavy atom. The molecular weight excluding hydrogens is 332 g/mol. The van der Waals surface area contributed by atoms with E-state index in [2.05, 4.69) is 0 Å². The van der Waals surface area contributed by atoms with Crippen molar-refractivity contribution in [2.45, 2.75) is 18.9 Å². The normalized spacial score (nSPS) is 25.1. The van der Waals surface area contributed by atoms with Crippen LogP contribution in [0.15, 0.2) is 24.3 Å². The van der Waals surface area contributed by atoms with Gasteiger partial charge in [-0.3, -0.25) is 14.9 Å². The first-order valence-corrected chi connectivity index (χ1v) is 7.95. The zero-order chi connectivity index (χ0) is 16.6. The molecule has 1 saturated heterocycles. The first kappa shape index (κ1) is 18.5. The van der Waals surface area contributed by atoms with E-state index in [0.29, 0.717) is 17.5 Å². The summed E-state index contributed by atoms with van der Waals surface area (Å²) < 4.78 is 0. The van der Waals surface area contributed by atoms with Crippen molar-refractivity contribution >= 4 is 29.7 Å². The average molecular weight is 355 g/mol. The summed E-state index contributed by atoms with van der Waals surface area (Å²) in [5, 5.41) is 11.1. The lowest BCUT2D eigenvalue weighted by atomic mass is 9.98. The number of hydrogen-bond acceptors (Lipinski definition) is 5. The van der Waals surface area contributed by atoms with Gasteiger partial charge in [-0.25, -0.2) is 0 Å². The van der Waals surface area contributed by atoms with Crippen LogP contribution in [0.3, 0.4) is 0 Å². The molecule has 132 valence electrons. The number of likely N-dealkylation sites (tertiary alicyclic amines) is 1. The van der Waals surface area contributed by atoms with E-state index in [1.807, 2.05) is 4.90 Å². The van der Waals surface area contributed by atoms with E-state index < -0.39 is 4.92 Å². The molecule has 3 unspecified atom stereocenters. The number of para-hydroxylation sites is 2. The molecule has 3 atom stereocenters. The molecule has 0 radical (unpaired) electrons. The molecule has 8 heteroatoms. The first-order valence-electron chi connectivity index (χ1n) is 7.95. The molecule has 1 aromatic carbocycles. The van der Waals surface area contributed by atoms with Crippen LogP contribution < -0.4 is 10.6 Å². The maximum Gasteiger partial charge on any atom is 0.292 e. The Morgan fingerprint density at radius 2 is 2.08 bits per heavy atom. The molecule has 1 aliphatic carbocycles. The van der Waals surface area contributed by atoms with Crippen molar-refractivity contribution in [2.24, 2.45) is 17.6 Å². The van der Waals surface area contributed by atoms with Gasteiger partial charge in [-0.05, 0) is 30.7 Å². The monoisotopic (exact) mass is 354 g/mol. The summed E-state index contributed by atoms with van der Waals surface area (Å²) in [5.74, 6) is 0.938. The number of rotatable bonds is 4. The van der Waals surface area contributed by atoms with Crippen LogP contribution in [0.5, 0.6) is 0 Å². The number of halogens is 1. The van der Waals surface area contributed by atoms with Gasteiger partial charge in [0.1, 0.15) is 5.69 Å². The van der Waals surface area contributed by atoms with Crippen molar-refractivity contribution in [3.8, 4) is 0 Å². The third-order valence-corrected chi connectivity index (χ3v) is 5.13. The second kappa shape index (κ2) is 7.36. The van der Waals surface area contributed by atoms with E-state index in [4.69, 9.17) is 5.73 Å². The van der Waals surface area contributed by atoms with Gasteiger partial charge < -0.3 is 15.5 Å². The fraction of sp³-hybridized carbons (Fsp3) is 0.562. The van der Waals surface area contributed by atoms with Gasteiger partial charge in [0.05, 0.1) is 11.5 Å². The molecule has 1 aromatic rings. The molecule has 1 aliphatic heterocycles. The van der Waals surface area contributed by atoms with Gasteiger partial charge in [0.25, 0.3) is 5.69 Å². The smallest absolute Gasteiger partial charge is 0.292 e. The number of anilines is 1. The largest absolute Gasteiger partial charge is 0.360 e. The highest BCUT2D eigenvalue weighted by Gasteiger charge is 2.42. The predicted octanol–water partition coefficient (Wildman–Crippen LogP) is 1.65. The Hall–Kier alpha value is -1.86. The third-order valence-electron chi connectivity index (χ3n) is 5.13. The van der Waals surface area contributed by atoms with Gasteiger partial charge in [-0.15, -0.1) is 12.4 Å². The Labute approximate surface area is 147 Å². The van der Waals surface area contributed by atoms with E-state index in [1.165, 1.54) is 6.07 Å².